The maximum atomic E-state index is 12.8. The number of pyridine rings is 1. The number of nitrogens with zero attached hydrogens (tertiary/aromatic N) is 3. The van der Waals surface area contributed by atoms with Gasteiger partial charge in [-0.1, -0.05) is 12.1 Å². The van der Waals surface area contributed by atoms with Gasteiger partial charge < -0.3 is 9.72 Å². The van der Waals surface area contributed by atoms with Crippen molar-refractivity contribution in [1.82, 2.24) is 18.6 Å². The maximum absolute atomic E-state index is 12.8. The molecule has 1 aromatic carbocycles. The van der Waals surface area contributed by atoms with E-state index in [1.54, 1.807) is 39.4 Å². The van der Waals surface area contributed by atoms with E-state index >= 15 is 0 Å². The van der Waals surface area contributed by atoms with Crippen LogP contribution in [-0.4, -0.2) is 52.8 Å². The highest BCUT2D eigenvalue weighted by atomic mass is 32.2. The molecule has 0 aliphatic heterocycles. The van der Waals surface area contributed by atoms with Crippen molar-refractivity contribution >= 4 is 27.2 Å². The molecule has 0 atom stereocenters. The summed E-state index contributed by atoms with van der Waals surface area (Å²) in [5.41, 5.74) is 2.71. The molecule has 1 N–H and O–H groups in total. The first-order valence-electron chi connectivity index (χ1n) is 9.42. The highest BCUT2D eigenvalue weighted by Gasteiger charge is 2.34. The summed E-state index contributed by atoms with van der Waals surface area (Å²) >= 11 is 0. The van der Waals surface area contributed by atoms with E-state index in [1.165, 1.54) is 14.1 Å². The molecule has 0 bridgehead atoms. The Hall–Kier alpha value is -2.91. The molecule has 9 heteroatoms. The van der Waals surface area contributed by atoms with Gasteiger partial charge in [0.25, 0.3) is 0 Å². The number of fused-ring (bicyclic) bond motifs is 1. The predicted molar refractivity (Wildman–Crippen MR) is 116 cm³/mol. The maximum Gasteiger partial charge on any atom is 0.425 e. The molecular formula is C21H26N4O4S. The minimum absolute atomic E-state index is 0.149. The fourth-order valence-corrected chi connectivity index (χ4v) is 3.87. The summed E-state index contributed by atoms with van der Waals surface area (Å²) in [6.45, 7) is 4.93. The van der Waals surface area contributed by atoms with Crippen molar-refractivity contribution in [2.45, 2.75) is 32.9 Å². The number of hydrogen-bond donors (Lipinski definition) is 1. The smallest absolute Gasteiger partial charge is 0.425 e. The molecule has 0 radical (unpaired) electrons. The van der Waals surface area contributed by atoms with Crippen LogP contribution in [0.1, 0.15) is 26.3 Å². The van der Waals surface area contributed by atoms with Gasteiger partial charge in [0, 0.05) is 43.6 Å². The van der Waals surface area contributed by atoms with Crippen LogP contribution in [0.4, 0.5) is 4.79 Å². The molecule has 2 aromatic heterocycles. The number of carbonyl (C=O) groups excluding carboxylic acids is 1. The Balaban J connectivity index is 1.97. The second-order valence-electron chi connectivity index (χ2n) is 8.09. The lowest BCUT2D eigenvalue weighted by atomic mass is 10.0. The average molecular weight is 431 g/mol. The minimum Gasteiger partial charge on any atom is -0.443 e. The molecule has 160 valence electrons. The van der Waals surface area contributed by atoms with E-state index in [0.29, 0.717) is 5.56 Å². The Bertz CT molecular complexity index is 1150. The van der Waals surface area contributed by atoms with Gasteiger partial charge in [0.05, 0.1) is 6.54 Å². The van der Waals surface area contributed by atoms with Crippen molar-refractivity contribution in [1.29, 1.82) is 0 Å². The number of benzene rings is 1. The Morgan fingerprint density at radius 2 is 1.77 bits per heavy atom. The molecule has 30 heavy (non-hydrogen) atoms. The van der Waals surface area contributed by atoms with Crippen LogP contribution in [0.5, 0.6) is 0 Å². The molecule has 0 saturated carbocycles. The van der Waals surface area contributed by atoms with Crippen molar-refractivity contribution in [3.05, 3.63) is 54.5 Å². The monoisotopic (exact) mass is 430 g/mol. The Labute approximate surface area is 176 Å². The Kier molecular flexibility index (Phi) is 5.87. The lowest BCUT2D eigenvalue weighted by Gasteiger charge is -2.28. The molecule has 3 aromatic rings. The highest BCUT2D eigenvalue weighted by Crippen LogP contribution is 2.27. The fourth-order valence-electron chi connectivity index (χ4n) is 2.95. The molecular weight excluding hydrogens is 404 g/mol. The number of ether oxygens (including phenoxy) is 1. The molecule has 0 spiro atoms. The summed E-state index contributed by atoms with van der Waals surface area (Å²) in [6.07, 6.45) is 4.25. The minimum atomic E-state index is -4.04. The van der Waals surface area contributed by atoms with E-state index in [1.807, 2.05) is 30.3 Å². The molecule has 3 rings (SSSR count). The van der Waals surface area contributed by atoms with Crippen molar-refractivity contribution in [3.8, 4) is 11.1 Å². The summed E-state index contributed by atoms with van der Waals surface area (Å²) in [5.74, 6) is 0. The van der Waals surface area contributed by atoms with Gasteiger partial charge in [-0.2, -0.15) is 17.0 Å². The van der Waals surface area contributed by atoms with E-state index in [0.717, 1.165) is 30.6 Å². The van der Waals surface area contributed by atoms with Gasteiger partial charge in [-0.05, 0) is 55.7 Å². The number of aromatic nitrogens is 2. The van der Waals surface area contributed by atoms with Crippen LogP contribution in [-0.2, 0) is 21.5 Å². The quantitative estimate of drug-likeness (QED) is 0.665. The largest absolute Gasteiger partial charge is 0.443 e. The van der Waals surface area contributed by atoms with Crippen LogP contribution in [0.25, 0.3) is 22.0 Å². The molecule has 0 aliphatic carbocycles. The molecule has 1 amide bonds. The van der Waals surface area contributed by atoms with Crippen LogP contribution in [0.3, 0.4) is 0 Å². The fraction of sp³-hybridized carbons (Fsp3) is 0.333. The molecule has 0 aliphatic rings. The highest BCUT2D eigenvalue weighted by molar-refractivity contribution is 7.87. The molecule has 0 saturated heterocycles. The second-order valence-corrected chi connectivity index (χ2v) is 10.2. The summed E-state index contributed by atoms with van der Waals surface area (Å²) in [6, 6.07) is 9.67. The van der Waals surface area contributed by atoms with Gasteiger partial charge in [-0.15, -0.1) is 0 Å². The van der Waals surface area contributed by atoms with Crippen molar-refractivity contribution in [2.75, 3.05) is 14.1 Å². The van der Waals surface area contributed by atoms with E-state index in [4.69, 9.17) is 4.74 Å². The number of H-pyrrole nitrogens is 1. The molecule has 0 unspecified atom stereocenters. The van der Waals surface area contributed by atoms with E-state index in [2.05, 4.69) is 9.97 Å². The standard InChI is InChI=1S/C21H26N4O4S/c1-21(2,3)29-20(26)25(30(27,28)24(4)5)14-17-13-23-19-12-16(6-7-18(17)19)15-8-10-22-11-9-15/h6-13,23H,14H2,1-5H3. The normalized spacial score (nSPS) is 12.3. The summed E-state index contributed by atoms with van der Waals surface area (Å²) in [5, 5.41) is 0.829. The SMILES string of the molecule is CN(C)S(=O)(=O)N(Cc1c[nH]c2cc(-c3ccncc3)ccc12)C(=O)OC(C)(C)C. The molecule has 2 heterocycles. The number of carbonyl (C=O) groups is 1. The van der Waals surface area contributed by atoms with Crippen LogP contribution in [0, 0.1) is 0 Å². The first-order chi connectivity index (χ1) is 14.0. The zero-order valence-corrected chi connectivity index (χ0v) is 18.5. The number of nitrogens with one attached hydrogen (secondary N) is 1. The summed E-state index contributed by atoms with van der Waals surface area (Å²) < 4.78 is 32.7. The lowest BCUT2D eigenvalue weighted by molar-refractivity contribution is 0.0375. The first-order valence-corrected chi connectivity index (χ1v) is 10.8. The van der Waals surface area contributed by atoms with Gasteiger partial charge in [0.15, 0.2) is 0 Å². The van der Waals surface area contributed by atoms with Gasteiger partial charge >= 0.3 is 16.3 Å². The number of aromatic amines is 1. The summed E-state index contributed by atoms with van der Waals surface area (Å²) in [7, 11) is -1.28. The van der Waals surface area contributed by atoms with Crippen molar-refractivity contribution in [3.63, 3.8) is 0 Å². The van der Waals surface area contributed by atoms with Crippen LogP contribution in [0.2, 0.25) is 0 Å². The van der Waals surface area contributed by atoms with E-state index in [9.17, 15) is 13.2 Å². The number of hydrogen-bond acceptors (Lipinski definition) is 5. The molecule has 0 fully saturated rings. The molecule has 8 nitrogen and oxygen atoms in total. The lowest BCUT2D eigenvalue weighted by Crippen LogP contribution is -2.45. The second kappa shape index (κ2) is 8.08. The Morgan fingerprint density at radius 3 is 2.37 bits per heavy atom. The zero-order chi connectivity index (χ0) is 22.1. The van der Waals surface area contributed by atoms with Crippen LogP contribution >= 0.6 is 0 Å². The number of rotatable bonds is 5. The first kappa shape index (κ1) is 21.8. The van der Waals surface area contributed by atoms with Gasteiger partial charge in [-0.3, -0.25) is 4.98 Å². The summed E-state index contributed by atoms with van der Waals surface area (Å²) in [4.78, 5) is 19.9. The third-order valence-corrected chi connectivity index (χ3v) is 6.19. The average Bonchev–Trinajstić information content (AvgIpc) is 3.07. The number of amides is 1. The van der Waals surface area contributed by atoms with E-state index < -0.39 is 21.9 Å². The van der Waals surface area contributed by atoms with Gasteiger partial charge in [0.1, 0.15) is 5.60 Å². The topological polar surface area (TPSA) is 95.6 Å². The Morgan fingerprint density at radius 1 is 1.10 bits per heavy atom. The van der Waals surface area contributed by atoms with Gasteiger partial charge in [-0.25, -0.2) is 4.79 Å². The van der Waals surface area contributed by atoms with Crippen molar-refractivity contribution < 1.29 is 17.9 Å². The van der Waals surface area contributed by atoms with Crippen molar-refractivity contribution in [2.24, 2.45) is 0 Å². The third kappa shape index (κ3) is 4.63. The van der Waals surface area contributed by atoms with Crippen LogP contribution < -0.4 is 0 Å². The van der Waals surface area contributed by atoms with Gasteiger partial charge in [0.2, 0.25) is 0 Å². The zero-order valence-electron chi connectivity index (χ0n) is 17.7. The third-order valence-electron chi connectivity index (χ3n) is 4.43. The van der Waals surface area contributed by atoms with Crippen LogP contribution in [0.15, 0.2) is 48.9 Å². The predicted octanol–water partition coefficient (Wildman–Crippen LogP) is 3.77. The van der Waals surface area contributed by atoms with E-state index in [-0.39, 0.29) is 6.54 Å².